The molecule has 0 saturated heterocycles. The number of H-pyrrole nitrogens is 1. The van der Waals surface area contributed by atoms with Crippen molar-refractivity contribution >= 4 is 16.8 Å². The summed E-state index contributed by atoms with van der Waals surface area (Å²) in [5, 5.41) is 0.856. The standard InChI is InChI=1S/C21H23N3O3/c1-21(2,3)24(20(26)14-7-9-22-10-8-14)13-16-11-15-12-17(27-4)5-6-18(15)23-19(16)25/h5-12H,13H2,1-4H3,(H,23,25). The zero-order chi connectivity index (χ0) is 19.6. The number of fused-ring (bicyclic) bond motifs is 1. The van der Waals surface area contributed by atoms with Crippen LogP contribution >= 0.6 is 0 Å². The van der Waals surface area contributed by atoms with Crippen LogP contribution in [-0.4, -0.2) is 33.4 Å². The van der Waals surface area contributed by atoms with Crippen LogP contribution < -0.4 is 10.3 Å². The number of carbonyl (C=O) groups excluding carboxylic acids is 1. The van der Waals surface area contributed by atoms with E-state index in [1.807, 2.05) is 39.0 Å². The summed E-state index contributed by atoms with van der Waals surface area (Å²) >= 11 is 0. The smallest absolute Gasteiger partial charge is 0.254 e. The summed E-state index contributed by atoms with van der Waals surface area (Å²) in [5.41, 5.74) is 1.12. The van der Waals surface area contributed by atoms with Crippen LogP contribution in [0, 0.1) is 0 Å². The van der Waals surface area contributed by atoms with Gasteiger partial charge in [0.15, 0.2) is 0 Å². The van der Waals surface area contributed by atoms with E-state index in [9.17, 15) is 9.59 Å². The van der Waals surface area contributed by atoms with Gasteiger partial charge in [0.25, 0.3) is 11.5 Å². The van der Waals surface area contributed by atoms with Crippen LogP contribution in [0.3, 0.4) is 0 Å². The van der Waals surface area contributed by atoms with E-state index in [1.165, 1.54) is 0 Å². The Morgan fingerprint density at radius 2 is 1.85 bits per heavy atom. The van der Waals surface area contributed by atoms with Crippen molar-refractivity contribution < 1.29 is 9.53 Å². The summed E-state index contributed by atoms with van der Waals surface area (Å²) in [6.45, 7) is 6.05. The van der Waals surface area contributed by atoms with Crippen molar-refractivity contribution in [1.82, 2.24) is 14.9 Å². The highest BCUT2D eigenvalue weighted by atomic mass is 16.5. The number of amides is 1. The topological polar surface area (TPSA) is 75.3 Å². The van der Waals surface area contributed by atoms with Crippen molar-refractivity contribution in [2.24, 2.45) is 0 Å². The molecule has 0 bridgehead atoms. The van der Waals surface area contributed by atoms with E-state index in [4.69, 9.17) is 4.74 Å². The SMILES string of the molecule is COc1ccc2[nH]c(=O)c(CN(C(=O)c3ccncc3)C(C)(C)C)cc2c1. The van der Waals surface area contributed by atoms with Gasteiger partial charge in [0.05, 0.1) is 13.7 Å². The van der Waals surface area contributed by atoms with E-state index >= 15 is 0 Å². The molecule has 1 aromatic carbocycles. The molecule has 0 spiro atoms. The molecule has 0 aliphatic heterocycles. The number of methoxy groups -OCH3 is 1. The molecule has 3 rings (SSSR count). The number of nitrogens with one attached hydrogen (secondary N) is 1. The molecule has 2 heterocycles. The highest BCUT2D eigenvalue weighted by Crippen LogP contribution is 2.22. The van der Waals surface area contributed by atoms with E-state index in [-0.39, 0.29) is 18.0 Å². The van der Waals surface area contributed by atoms with Gasteiger partial charge in [-0.25, -0.2) is 0 Å². The van der Waals surface area contributed by atoms with Crippen LogP contribution in [-0.2, 0) is 6.54 Å². The maximum atomic E-state index is 13.0. The third kappa shape index (κ3) is 4.00. The molecule has 0 aliphatic carbocycles. The summed E-state index contributed by atoms with van der Waals surface area (Å²) in [4.78, 5) is 34.2. The number of pyridine rings is 2. The number of ether oxygens (including phenoxy) is 1. The third-order valence-electron chi connectivity index (χ3n) is 4.44. The third-order valence-corrected chi connectivity index (χ3v) is 4.44. The molecule has 1 amide bonds. The van der Waals surface area contributed by atoms with E-state index in [0.29, 0.717) is 16.9 Å². The van der Waals surface area contributed by atoms with Gasteiger partial charge in [0.2, 0.25) is 0 Å². The molecule has 27 heavy (non-hydrogen) atoms. The average molecular weight is 365 g/mol. The molecule has 0 atom stereocenters. The minimum absolute atomic E-state index is 0.143. The van der Waals surface area contributed by atoms with Crippen molar-refractivity contribution in [3.63, 3.8) is 0 Å². The Kier molecular flexibility index (Phi) is 4.99. The predicted octanol–water partition coefficient (Wildman–Crippen LogP) is 3.37. The van der Waals surface area contributed by atoms with Crippen LogP contribution in [0.2, 0.25) is 0 Å². The number of aromatic amines is 1. The zero-order valence-electron chi connectivity index (χ0n) is 15.9. The maximum absolute atomic E-state index is 13.0. The van der Waals surface area contributed by atoms with Gasteiger partial charge in [-0.05, 0) is 57.2 Å². The van der Waals surface area contributed by atoms with E-state index in [2.05, 4.69) is 9.97 Å². The fourth-order valence-corrected chi connectivity index (χ4v) is 2.91. The lowest BCUT2D eigenvalue weighted by Gasteiger charge is -2.35. The first kappa shape index (κ1) is 18.6. The van der Waals surface area contributed by atoms with E-state index < -0.39 is 5.54 Å². The van der Waals surface area contributed by atoms with Crippen LogP contribution in [0.15, 0.2) is 53.6 Å². The summed E-state index contributed by atoms with van der Waals surface area (Å²) in [7, 11) is 1.60. The number of nitrogens with zero attached hydrogens (tertiary/aromatic N) is 2. The summed E-state index contributed by atoms with van der Waals surface area (Å²) < 4.78 is 5.26. The molecule has 0 radical (unpaired) electrons. The van der Waals surface area contributed by atoms with Gasteiger partial charge in [0, 0.05) is 40.0 Å². The minimum atomic E-state index is -0.462. The zero-order valence-corrected chi connectivity index (χ0v) is 15.9. The molecule has 2 aromatic heterocycles. The fraction of sp³-hybridized carbons (Fsp3) is 0.286. The number of hydrogen-bond donors (Lipinski definition) is 1. The summed E-state index contributed by atoms with van der Waals surface area (Å²) in [6, 6.07) is 10.6. The molecule has 0 unspecified atom stereocenters. The largest absolute Gasteiger partial charge is 0.497 e. The van der Waals surface area contributed by atoms with Crippen LogP contribution in [0.1, 0.15) is 36.7 Å². The Bertz CT molecular complexity index is 1020. The summed E-state index contributed by atoms with van der Waals surface area (Å²) in [6.07, 6.45) is 3.17. The molecular weight excluding hydrogens is 342 g/mol. The number of rotatable bonds is 4. The van der Waals surface area contributed by atoms with Gasteiger partial charge >= 0.3 is 0 Å². The van der Waals surface area contributed by atoms with Gasteiger partial charge in [-0.1, -0.05) is 0 Å². The van der Waals surface area contributed by atoms with E-state index in [1.54, 1.807) is 42.6 Å². The second kappa shape index (κ2) is 7.23. The number of benzene rings is 1. The number of hydrogen-bond acceptors (Lipinski definition) is 4. The second-order valence-electron chi connectivity index (χ2n) is 7.37. The normalized spacial score (nSPS) is 11.4. The summed E-state index contributed by atoms with van der Waals surface area (Å²) in [5.74, 6) is 0.566. The first-order valence-corrected chi connectivity index (χ1v) is 8.71. The lowest BCUT2D eigenvalue weighted by atomic mass is 10.0. The van der Waals surface area contributed by atoms with Crippen LogP contribution in [0.5, 0.6) is 5.75 Å². The Hall–Kier alpha value is -3.15. The van der Waals surface area contributed by atoms with Crippen molar-refractivity contribution in [2.75, 3.05) is 7.11 Å². The van der Waals surface area contributed by atoms with Gasteiger partial charge in [-0.2, -0.15) is 0 Å². The molecule has 3 aromatic rings. The fourth-order valence-electron chi connectivity index (χ4n) is 2.91. The number of carbonyl (C=O) groups is 1. The van der Waals surface area contributed by atoms with Gasteiger partial charge in [-0.15, -0.1) is 0 Å². The predicted molar refractivity (Wildman–Crippen MR) is 105 cm³/mol. The van der Waals surface area contributed by atoms with Gasteiger partial charge in [0.1, 0.15) is 5.75 Å². The second-order valence-corrected chi connectivity index (χ2v) is 7.37. The molecular formula is C21H23N3O3. The molecule has 140 valence electrons. The molecule has 1 N–H and O–H groups in total. The van der Waals surface area contributed by atoms with Crippen molar-refractivity contribution in [3.8, 4) is 5.75 Å². The van der Waals surface area contributed by atoms with Crippen molar-refractivity contribution in [1.29, 1.82) is 0 Å². The average Bonchev–Trinajstić information content (AvgIpc) is 2.65. The minimum Gasteiger partial charge on any atom is -0.497 e. The number of aromatic nitrogens is 2. The highest BCUT2D eigenvalue weighted by Gasteiger charge is 2.28. The van der Waals surface area contributed by atoms with Crippen LogP contribution in [0.25, 0.3) is 10.9 Å². The molecule has 0 aliphatic rings. The molecule has 6 nitrogen and oxygen atoms in total. The quantitative estimate of drug-likeness (QED) is 0.769. The first-order chi connectivity index (χ1) is 12.8. The monoisotopic (exact) mass is 365 g/mol. The van der Waals surface area contributed by atoms with Crippen LogP contribution in [0.4, 0.5) is 0 Å². The molecule has 0 fully saturated rings. The molecule has 6 heteroatoms. The van der Waals surface area contributed by atoms with Crippen molar-refractivity contribution in [2.45, 2.75) is 32.9 Å². The lowest BCUT2D eigenvalue weighted by Crippen LogP contribution is -2.46. The van der Waals surface area contributed by atoms with E-state index in [0.717, 1.165) is 10.9 Å². The molecule has 0 saturated carbocycles. The Morgan fingerprint density at radius 3 is 2.48 bits per heavy atom. The first-order valence-electron chi connectivity index (χ1n) is 8.71. The van der Waals surface area contributed by atoms with Gasteiger partial charge < -0.3 is 14.6 Å². The Labute approximate surface area is 157 Å². The van der Waals surface area contributed by atoms with Crippen molar-refractivity contribution in [3.05, 3.63) is 70.3 Å². The Balaban J connectivity index is 2.02. The highest BCUT2D eigenvalue weighted by molar-refractivity contribution is 5.94. The Morgan fingerprint density at radius 1 is 1.15 bits per heavy atom. The van der Waals surface area contributed by atoms with Gasteiger partial charge in [-0.3, -0.25) is 14.6 Å². The maximum Gasteiger partial charge on any atom is 0.254 e. The lowest BCUT2D eigenvalue weighted by molar-refractivity contribution is 0.0558.